The fourth-order valence-electron chi connectivity index (χ4n) is 4.19. The second-order valence-electron chi connectivity index (χ2n) is 9.59. The van der Waals surface area contributed by atoms with Crippen molar-refractivity contribution in [1.29, 1.82) is 5.26 Å². The fraction of sp³-hybridized carbons (Fsp3) is 0.385. The number of hydrogen-bond donors (Lipinski definition) is 1. The van der Waals surface area contributed by atoms with Gasteiger partial charge >= 0.3 is 0 Å². The molecular weight excluding hydrogens is 466 g/mol. The highest BCUT2D eigenvalue weighted by Crippen LogP contribution is 2.37. The van der Waals surface area contributed by atoms with Crippen molar-refractivity contribution in [2.24, 2.45) is 0 Å². The normalized spacial score (nSPS) is 14.2. The Kier molecular flexibility index (Phi) is 7.30. The molecule has 1 fully saturated rings. The molecule has 176 valence electrons. The molecule has 2 aromatic carbocycles. The Hall–Kier alpha value is -2.82. The topological polar surface area (TPSA) is 83.6 Å². The lowest BCUT2D eigenvalue weighted by atomic mass is 9.86. The number of carbonyl (C=O) groups excluding carboxylic acids is 1. The van der Waals surface area contributed by atoms with E-state index < -0.39 is 0 Å². The van der Waals surface area contributed by atoms with Gasteiger partial charge in [0.25, 0.3) is 0 Å². The fourth-order valence-corrected chi connectivity index (χ4v) is 5.22. The molecule has 1 N–H and O–H groups in total. The number of amides is 1. The Labute approximate surface area is 209 Å². The number of hydrogen-bond acceptors (Lipinski definition) is 5. The van der Waals surface area contributed by atoms with E-state index in [9.17, 15) is 4.79 Å². The molecule has 1 heterocycles. The Morgan fingerprint density at radius 3 is 2.50 bits per heavy atom. The molecule has 0 atom stereocenters. The summed E-state index contributed by atoms with van der Waals surface area (Å²) in [4.78, 5) is 12.6. The van der Waals surface area contributed by atoms with Crippen molar-refractivity contribution in [3.8, 4) is 17.5 Å². The third-order valence-electron chi connectivity index (χ3n) is 6.07. The van der Waals surface area contributed by atoms with E-state index in [4.69, 9.17) is 16.9 Å². The van der Waals surface area contributed by atoms with Crippen LogP contribution in [0.3, 0.4) is 0 Å². The van der Waals surface area contributed by atoms with E-state index in [0.29, 0.717) is 22.3 Å². The van der Waals surface area contributed by atoms with Gasteiger partial charge in [0.15, 0.2) is 11.0 Å². The van der Waals surface area contributed by atoms with Crippen LogP contribution in [0.5, 0.6) is 0 Å². The van der Waals surface area contributed by atoms with E-state index in [0.717, 1.165) is 29.4 Å². The van der Waals surface area contributed by atoms with Gasteiger partial charge in [-0.1, -0.05) is 81.2 Å². The van der Waals surface area contributed by atoms with E-state index in [1.54, 1.807) is 18.2 Å². The lowest BCUT2D eigenvalue weighted by Crippen LogP contribution is -2.15. The van der Waals surface area contributed by atoms with E-state index in [1.807, 2.05) is 6.07 Å². The predicted octanol–water partition coefficient (Wildman–Crippen LogP) is 6.61. The van der Waals surface area contributed by atoms with Crippen LogP contribution in [-0.4, -0.2) is 26.4 Å². The maximum atomic E-state index is 12.6. The molecule has 6 nitrogen and oxygen atoms in total. The number of aromatic nitrogens is 3. The summed E-state index contributed by atoms with van der Waals surface area (Å²) in [6, 6.07) is 15.8. The minimum absolute atomic E-state index is 0.0885. The summed E-state index contributed by atoms with van der Waals surface area (Å²) >= 11 is 7.46. The predicted molar refractivity (Wildman–Crippen MR) is 137 cm³/mol. The third kappa shape index (κ3) is 5.45. The molecule has 1 aliphatic rings. The monoisotopic (exact) mass is 493 g/mol. The molecule has 34 heavy (non-hydrogen) atoms. The summed E-state index contributed by atoms with van der Waals surface area (Å²) in [6.07, 6.45) is 4.56. The Morgan fingerprint density at radius 2 is 1.88 bits per heavy atom. The minimum Gasteiger partial charge on any atom is -0.325 e. The molecule has 0 spiro atoms. The zero-order valence-electron chi connectivity index (χ0n) is 19.6. The highest BCUT2D eigenvalue weighted by Gasteiger charge is 2.25. The van der Waals surface area contributed by atoms with Crippen LogP contribution in [0.25, 0.3) is 11.4 Å². The first-order valence-electron chi connectivity index (χ1n) is 11.4. The smallest absolute Gasteiger partial charge is 0.234 e. The number of nitrogens with one attached hydrogen (secondary N) is 1. The second kappa shape index (κ2) is 10.2. The van der Waals surface area contributed by atoms with E-state index >= 15 is 0 Å². The van der Waals surface area contributed by atoms with Gasteiger partial charge in [-0.25, -0.2) is 0 Å². The van der Waals surface area contributed by atoms with Crippen molar-refractivity contribution >= 4 is 35.0 Å². The zero-order valence-corrected chi connectivity index (χ0v) is 21.2. The zero-order chi connectivity index (χ0) is 24.3. The van der Waals surface area contributed by atoms with Crippen LogP contribution in [-0.2, 0) is 10.2 Å². The number of nitriles is 1. The lowest BCUT2D eigenvalue weighted by Gasteiger charge is -2.20. The Balaban J connectivity index is 1.52. The van der Waals surface area contributed by atoms with Crippen molar-refractivity contribution in [3.63, 3.8) is 0 Å². The Morgan fingerprint density at radius 1 is 1.18 bits per heavy atom. The highest BCUT2D eigenvalue weighted by molar-refractivity contribution is 7.99. The number of rotatable bonds is 6. The van der Waals surface area contributed by atoms with Crippen LogP contribution in [0, 0.1) is 11.3 Å². The molecule has 1 aliphatic carbocycles. The SMILES string of the molecule is CC(C)(C)c1ccc(-c2nnc(SCC(=O)Nc3ccc(C#N)c(Cl)c3)n2C2CCCC2)cc1. The first kappa shape index (κ1) is 24.3. The van der Waals surface area contributed by atoms with Crippen LogP contribution in [0.1, 0.15) is 63.6 Å². The van der Waals surface area contributed by atoms with Crippen LogP contribution in [0.15, 0.2) is 47.6 Å². The third-order valence-corrected chi connectivity index (χ3v) is 7.32. The van der Waals surface area contributed by atoms with E-state index in [1.165, 1.54) is 30.2 Å². The summed E-state index contributed by atoms with van der Waals surface area (Å²) in [5.41, 5.74) is 3.34. The molecule has 0 radical (unpaired) electrons. The first-order valence-corrected chi connectivity index (χ1v) is 12.8. The lowest BCUT2D eigenvalue weighted by molar-refractivity contribution is -0.113. The average molecular weight is 494 g/mol. The average Bonchev–Trinajstić information content (AvgIpc) is 3.47. The summed E-state index contributed by atoms with van der Waals surface area (Å²) in [7, 11) is 0. The summed E-state index contributed by atoms with van der Waals surface area (Å²) in [5, 5.41) is 21.9. The quantitative estimate of drug-likeness (QED) is 0.390. The van der Waals surface area contributed by atoms with Gasteiger partial charge < -0.3 is 5.32 Å². The number of benzene rings is 2. The van der Waals surface area contributed by atoms with Gasteiger partial charge in [-0.05, 0) is 42.0 Å². The van der Waals surface area contributed by atoms with Gasteiger partial charge in [-0.2, -0.15) is 5.26 Å². The number of halogens is 1. The highest BCUT2D eigenvalue weighted by atomic mass is 35.5. The molecule has 0 unspecified atom stereocenters. The van der Waals surface area contributed by atoms with Crippen molar-refractivity contribution in [2.45, 2.75) is 63.1 Å². The van der Waals surface area contributed by atoms with Gasteiger partial charge in [-0.15, -0.1) is 10.2 Å². The summed E-state index contributed by atoms with van der Waals surface area (Å²) < 4.78 is 2.22. The number of thioether (sulfide) groups is 1. The Bertz CT molecular complexity index is 1220. The molecule has 1 saturated carbocycles. The number of nitrogens with zero attached hydrogens (tertiary/aromatic N) is 4. The van der Waals surface area contributed by atoms with Crippen molar-refractivity contribution in [1.82, 2.24) is 14.8 Å². The number of carbonyl (C=O) groups is 1. The summed E-state index contributed by atoms with van der Waals surface area (Å²) in [5.74, 6) is 0.891. The van der Waals surface area contributed by atoms with Crippen molar-refractivity contribution < 1.29 is 4.79 Å². The second-order valence-corrected chi connectivity index (χ2v) is 10.9. The number of anilines is 1. The van der Waals surface area contributed by atoms with Gasteiger partial charge in [0.05, 0.1) is 16.3 Å². The van der Waals surface area contributed by atoms with Gasteiger partial charge in [0.1, 0.15) is 6.07 Å². The van der Waals surface area contributed by atoms with Crippen molar-refractivity contribution in [3.05, 3.63) is 58.6 Å². The van der Waals surface area contributed by atoms with Gasteiger partial charge in [-0.3, -0.25) is 9.36 Å². The molecule has 8 heteroatoms. The van der Waals surface area contributed by atoms with E-state index in [2.05, 4.69) is 65.1 Å². The van der Waals surface area contributed by atoms with Crippen molar-refractivity contribution in [2.75, 3.05) is 11.1 Å². The van der Waals surface area contributed by atoms with E-state index in [-0.39, 0.29) is 17.1 Å². The largest absolute Gasteiger partial charge is 0.325 e. The molecule has 3 aromatic rings. The molecule has 4 rings (SSSR count). The van der Waals surface area contributed by atoms with Crippen LogP contribution >= 0.6 is 23.4 Å². The molecule has 0 aliphatic heterocycles. The minimum atomic E-state index is -0.164. The standard InChI is InChI=1S/C26H28ClN5OS/c1-26(2,3)19-11-8-17(9-12-19)24-30-31-25(32(24)21-6-4-5-7-21)34-16-23(33)29-20-13-10-18(15-28)22(27)14-20/h8-14,21H,4-7,16H2,1-3H3,(H,29,33). The maximum Gasteiger partial charge on any atom is 0.234 e. The van der Waals surface area contributed by atoms with Crippen LogP contribution in [0.4, 0.5) is 5.69 Å². The van der Waals surface area contributed by atoms with Gasteiger partial charge in [0.2, 0.25) is 5.91 Å². The summed E-state index contributed by atoms with van der Waals surface area (Å²) in [6.45, 7) is 6.61. The maximum absolute atomic E-state index is 12.6. The molecular formula is C26H28ClN5OS. The molecule has 0 bridgehead atoms. The van der Waals surface area contributed by atoms with Crippen LogP contribution in [0.2, 0.25) is 5.02 Å². The van der Waals surface area contributed by atoms with Crippen LogP contribution < -0.4 is 5.32 Å². The molecule has 1 aromatic heterocycles. The molecule has 1 amide bonds. The first-order chi connectivity index (χ1) is 16.3. The molecule has 0 saturated heterocycles. The van der Waals surface area contributed by atoms with Gasteiger partial charge in [0, 0.05) is 17.3 Å².